The molecule has 1 heterocycles. The first-order chi connectivity index (χ1) is 6.74. The Hall–Kier alpha value is -0.480. The highest BCUT2D eigenvalue weighted by molar-refractivity contribution is 8.10. The van der Waals surface area contributed by atoms with E-state index in [1.54, 1.807) is 0 Å². The Morgan fingerprint density at radius 2 is 2.43 bits per heavy atom. The van der Waals surface area contributed by atoms with Crippen LogP contribution in [0, 0.1) is 0 Å². The molecule has 0 spiro atoms. The molecule has 0 saturated heterocycles. The van der Waals surface area contributed by atoms with Gasteiger partial charge in [-0.3, -0.25) is 0 Å². The summed E-state index contributed by atoms with van der Waals surface area (Å²) in [6.07, 6.45) is 4.26. The summed E-state index contributed by atoms with van der Waals surface area (Å²) in [4.78, 5) is 5.27. The molecule has 2 nitrogen and oxygen atoms in total. The van der Waals surface area contributed by atoms with Gasteiger partial charge in [0.2, 0.25) is 0 Å². The topological polar surface area (TPSA) is 19.0 Å². The van der Waals surface area contributed by atoms with Crippen molar-refractivity contribution in [1.82, 2.24) is 9.88 Å². The van der Waals surface area contributed by atoms with Gasteiger partial charge in [0, 0.05) is 18.4 Å². The number of nitrogens with zero attached hydrogens (tertiary/aromatic N) is 1. The van der Waals surface area contributed by atoms with E-state index in [9.17, 15) is 0 Å². The summed E-state index contributed by atoms with van der Waals surface area (Å²) in [6, 6.07) is 4.06. The van der Waals surface area contributed by atoms with E-state index in [1.165, 1.54) is 12.1 Å². The lowest BCUT2D eigenvalue weighted by Crippen LogP contribution is -2.26. The molecule has 0 fully saturated rings. The van der Waals surface area contributed by atoms with E-state index >= 15 is 0 Å². The fourth-order valence-corrected chi connectivity index (χ4v) is 1.59. The van der Waals surface area contributed by atoms with Crippen molar-refractivity contribution in [3.8, 4) is 0 Å². The molecule has 1 aromatic heterocycles. The van der Waals surface area contributed by atoms with Crippen molar-refractivity contribution in [3.05, 3.63) is 24.0 Å². The Kier molecular flexibility index (Phi) is 5.04. The third-order valence-corrected chi connectivity index (χ3v) is 2.62. The van der Waals surface area contributed by atoms with Crippen molar-refractivity contribution in [2.75, 3.05) is 6.54 Å². The van der Waals surface area contributed by atoms with E-state index in [4.69, 9.17) is 12.2 Å². The van der Waals surface area contributed by atoms with Gasteiger partial charge in [-0.25, -0.2) is 0 Å². The molecule has 78 valence electrons. The van der Waals surface area contributed by atoms with Crippen LogP contribution in [0.15, 0.2) is 18.3 Å². The smallest absolute Gasteiger partial charge is 0.133 e. The third-order valence-electron chi connectivity index (χ3n) is 2.08. The van der Waals surface area contributed by atoms with E-state index in [2.05, 4.69) is 35.5 Å². The fraction of sp³-hybridized carbons (Fsp3) is 0.500. The zero-order chi connectivity index (χ0) is 10.4. The molecule has 0 aliphatic carbocycles. The summed E-state index contributed by atoms with van der Waals surface area (Å²) in [7, 11) is 0. The molecule has 1 N–H and O–H groups in total. The number of hydrogen-bond acceptors (Lipinski definition) is 1. The average molecular weight is 228 g/mol. The van der Waals surface area contributed by atoms with E-state index in [0.717, 1.165) is 19.5 Å². The largest absolute Gasteiger partial charge is 0.364 e. The van der Waals surface area contributed by atoms with Crippen LogP contribution in [0.25, 0.3) is 0 Å². The Balaban J connectivity index is 2.47. The number of thiol groups is 1. The maximum absolute atomic E-state index is 5.08. The molecular formula is C10H16N2S2. The van der Waals surface area contributed by atoms with Crippen LogP contribution >= 0.6 is 24.8 Å². The minimum Gasteiger partial charge on any atom is -0.364 e. The molecule has 0 saturated carbocycles. The lowest BCUT2D eigenvalue weighted by molar-refractivity contribution is 0.411. The first-order valence-electron chi connectivity index (χ1n) is 4.84. The average Bonchev–Trinajstić information content (AvgIpc) is 2.64. The molecular weight excluding hydrogens is 212 g/mol. The quantitative estimate of drug-likeness (QED) is 0.596. The highest BCUT2D eigenvalue weighted by atomic mass is 32.1. The first kappa shape index (κ1) is 11.6. The summed E-state index contributed by atoms with van der Waals surface area (Å²) in [5, 5.41) is 0. The van der Waals surface area contributed by atoms with Gasteiger partial charge >= 0.3 is 0 Å². The number of aromatic amines is 1. The summed E-state index contributed by atoms with van der Waals surface area (Å²) in [5.41, 5.74) is 1.18. The first-order valence-corrected chi connectivity index (χ1v) is 5.69. The number of rotatable bonds is 5. The van der Waals surface area contributed by atoms with Crippen LogP contribution in [0.3, 0.4) is 0 Å². The van der Waals surface area contributed by atoms with Crippen LogP contribution in [-0.2, 0) is 6.54 Å². The van der Waals surface area contributed by atoms with Gasteiger partial charge < -0.3 is 9.88 Å². The molecule has 4 heteroatoms. The van der Waals surface area contributed by atoms with Gasteiger partial charge in [0.1, 0.15) is 4.32 Å². The van der Waals surface area contributed by atoms with E-state index in [0.29, 0.717) is 4.32 Å². The van der Waals surface area contributed by atoms with Crippen molar-refractivity contribution >= 4 is 29.2 Å². The fourth-order valence-electron chi connectivity index (χ4n) is 1.26. The Bertz CT molecular complexity index is 270. The molecule has 0 aliphatic heterocycles. The van der Waals surface area contributed by atoms with Crippen molar-refractivity contribution in [2.45, 2.75) is 26.3 Å². The van der Waals surface area contributed by atoms with Gasteiger partial charge in [-0.15, -0.1) is 12.6 Å². The molecule has 1 rings (SSSR count). The summed E-state index contributed by atoms with van der Waals surface area (Å²) in [6.45, 7) is 3.99. The monoisotopic (exact) mass is 228 g/mol. The van der Waals surface area contributed by atoms with Gasteiger partial charge in [-0.2, -0.15) is 0 Å². The van der Waals surface area contributed by atoms with Gasteiger partial charge in [-0.1, -0.05) is 25.6 Å². The van der Waals surface area contributed by atoms with Crippen molar-refractivity contribution < 1.29 is 0 Å². The molecule has 0 amide bonds. The zero-order valence-corrected chi connectivity index (χ0v) is 10.1. The number of nitrogens with one attached hydrogen (secondary N) is 1. The number of unbranched alkanes of at least 4 members (excludes halogenated alkanes) is 1. The Morgan fingerprint density at radius 1 is 1.64 bits per heavy atom. The van der Waals surface area contributed by atoms with Gasteiger partial charge in [0.15, 0.2) is 0 Å². The summed E-state index contributed by atoms with van der Waals surface area (Å²) < 4.78 is 0.674. The lowest BCUT2D eigenvalue weighted by Gasteiger charge is -2.21. The van der Waals surface area contributed by atoms with Crippen LogP contribution in [0.2, 0.25) is 0 Å². The van der Waals surface area contributed by atoms with Crippen molar-refractivity contribution in [1.29, 1.82) is 0 Å². The molecule has 0 atom stereocenters. The van der Waals surface area contributed by atoms with Crippen LogP contribution in [0.1, 0.15) is 25.5 Å². The van der Waals surface area contributed by atoms with Crippen LogP contribution in [-0.4, -0.2) is 20.7 Å². The van der Waals surface area contributed by atoms with Crippen LogP contribution < -0.4 is 0 Å². The van der Waals surface area contributed by atoms with Gasteiger partial charge in [-0.05, 0) is 18.6 Å². The van der Waals surface area contributed by atoms with Gasteiger partial charge in [0.25, 0.3) is 0 Å². The molecule has 0 radical (unpaired) electrons. The third kappa shape index (κ3) is 3.72. The number of H-pyrrole nitrogens is 1. The summed E-state index contributed by atoms with van der Waals surface area (Å²) in [5.74, 6) is 0. The van der Waals surface area contributed by atoms with Crippen molar-refractivity contribution in [2.24, 2.45) is 0 Å². The number of aromatic nitrogens is 1. The molecule has 14 heavy (non-hydrogen) atoms. The minimum atomic E-state index is 0.674. The predicted octanol–water partition coefficient (Wildman–Crippen LogP) is 2.83. The van der Waals surface area contributed by atoms with E-state index in [-0.39, 0.29) is 0 Å². The maximum Gasteiger partial charge on any atom is 0.133 e. The Labute approximate surface area is 96.1 Å². The predicted molar refractivity (Wildman–Crippen MR) is 67.7 cm³/mol. The Morgan fingerprint density at radius 3 is 2.93 bits per heavy atom. The summed E-state index contributed by atoms with van der Waals surface area (Å²) >= 11 is 9.30. The lowest BCUT2D eigenvalue weighted by atomic mass is 10.3. The highest BCUT2D eigenvalue weighted by Gasteiger charge is 2.06. The SMILES string of the molecule is CCCCN(Cc1ccc[nH]1)C(=S)S. The maximum atomic E-state index is 5.08. The van der Waals surface area contributed by atoms with E-state index < -0.39 is 0 Å². The van der Waals surface area contributed by atoms with Crippen LogP contribution in [0.4, 0.5) is 0 Å². The second kappa shape index (κ2) is 6.09. The molecule has 0 unspecified atom stereocenters. The standard InChI is InChI=1S/C10H16N2S2/c1-2-3-7-12(10(13)14)8-9-5-4-6-11-9/h4-6,11H,2-3,7-8H2,1H3,(H,13,14). The molecule has 1 aromatic rings. The second-order valence-electron chi connectivity index (χ2n) is 3.25. The second-order valence-corrected chi connectivity index (χ2v) is 4.37. The normalized spacial score (nSPS) is 10.1. The number of hydrogen-bond donors (Lipinski definition) is 2. The highest BCUT2D eigenvalue weighted by Crippen LogP contribution is 2.06. The molecule has 0 aromatic carbocycles. The van der Waals surface area contributed by atoms with E-state index in [1.807, 2.05) is 12.3 Å². The van der Waals surface area contributed by atoms with Crippen LogP contribution in [0.5, 0.6) is 0 Å². The number of thiocarbonyl (C=S) groups is 1. The molecule has 0 aliphatic rings. The van der Waals surface area contributed by atoms with Gasteiger partial charge in [0.05, 0.1) is 6.54 Å². The molecule has 0 bridgehead atoms. The van der Waals surface area contributed by atoms with Crippen molar-refractivity contribution in [3.63, 3.8) is 0 Å². The zero-order valence-electron chi connectivity index (χ0n) is 8.36. The minimum absolute atomic E-state index is 0.674.